The Kier molecular flexibility index (Phi) is 3.64. The Hall–Kier alpha value is -1.78. The Morgan fingerprint density at radius 3 is 2.37 bits per heavy atom. The molecule has 0 saturated heterocycles. The Labute approximate surface area is 114 Å². The second-order valence-corrected chi connectivity index (χ2v) is 5.41. The second kappa shape index (κ2) is 5.07. The second-order valence-electron chi connectivity index (χ2n) is 5.41. The van der Waals surface area contributed by atoms with Crippen LogP contribution >= 0.6 is 0 Å². The molecule has 0 atom stereocenters. The highest BCUT2D eigenvalue weighted by Gasteiger charge is 2.20. The minimum atomic E-state index is 0.305. The van der Waals surface area contributed by atoms with Gasteiger partial charge in [0, 0.05) is 30.3 Å². The monoisotopic (exact) mass is 261 g/mol. The molecule has 104 valence electrons. The van der Waals surface area contributed by atoms with Gasteiger partial charge in [0.15, 0.2) is 0 Å². The lowest BCUT2D eigenvalue weighted by Crippen LogP contribution is -2.10. The van der Waals surface area contributed by atoms with E-state index in [0.717, 1.165) is 29.4 Å². The van der Waals surface area contributed by atoms with Crippen molar-refractivity contribution in [3.8, 4) is 11.3 Å². The van der Waals surface area contributed by atoms with E-state index in [1.165, 1.54) is 0 Å². The number of anilines is 1. The van der Waals surface area contributed by atoms with Crippen LogP contribution in [0.2, 0.25) is 0 Å². The van der Waals surface area contributed by atoms with Gasteiger partial charge < -0.3 is 10.3 Å². The SMILES string of the molecule is CCn1cc(-c2nc(C(C)C)n(C(C)C)c2N)cn1. The van der Waals surface area contributed by atoms with Crippen molar-refractivity contribution >= 4 is 5.82 Å². The average Bonchev–Trinajstić information content (AvgIpc) is 2.92. The van der Waals surface area contributed by atoms with Gasteiger partial charge in [-0.2, -0.15) is 5.10 Å². The van der Waals surface area contributed by atoms with E-state index in [9.17, 15) is 0 Å². The quantitative estimate of drug-likeness (QED) is 0.920. The average molecular weight is 261 g/mol. The van der Waals surface area contributed by atoms with Gasteiger partial charge in [-0.05, 0) is 20.8 Å². The van der Waals surface area contributed by atoms with Crippen LogP contribution in [0.5, 0.6) is 0 Å². The summed E-state index contributed by atoms with van der Waals surface area (Å²) in [5.74, 6) is 2.11. The lowest BCUT2D eigenvalue weighted by molar-refractivity contribution is 0.556. The van der Waals surface area contributed by atoms with E-state index in [-0.39, 0.29) is 0 Å². The molecule has 0 radical (unpaired) electrons. The highest BCUT2D eigenvalue weighted by atomic mass is 15.3. The maximum Gasteiger partial charge on any atom is 0.132 e. The van der Waals surface area contributed by atoms with Crippen molar-refractivity contribution in [1.29, 1.82) is 0 Å². The minimum absolute atomic E-state index is 0.305. The van der Waals surface area contributed by atoms with E-state index in [1.807, 2.05) is 17.1 Å². The number of hydrogen-bond donors (Lipinski definition) is 1. The fraction of sp³-hybridized carbons (Fsp3) is 0.571. The van der Waals surface area contributed by atoms with Gasteiger partial charge in [-0.3, -0.25) is 4.68 Å². The smallest absolute Gasteiger partial charge is 0.132 e. The molecule has 5 heteroatoms. The standard InChI is InChI=1S/C14H23N5/c1-6-18-8-11(7-16-18)12-13(15)19(10(4)5)14(17-12)9(2)3/h7-10H,6,15H2,1-5H3. The first kappa shape index (κ1) is 13.6. The molecule has 0 aliphatic rings. The van der Waals surface area contributed by atoms with Gasteiger partial charge >= 0.3 is 0 Å². The van der Waals surface area contributed by atoms with Gasteiger partial charge in [0.2, 0.25) is 0 Å². The molecule has 0 amide bonds. The third-order valence-corrected chi connectivity index (χ3v) is 3.24. The largest absolute Gasteiger partial charge is 0.383 e. The summed E-state index contributed by atoms with van der Waals surface area (Å²) in [5, 5.41) is 4.29. The van der Waals surface area contributed by atoms with Crippen LogP contribution in [0.3, 0.4) is 0 Å². The molecule has 0 unspecified atom stereocenters. The molecule has 0 saturated carbocycles. The molecule has 2 N–H and O–H groups in total. The molecular formula is C14H23N5. The summed E-state index contributed by atoms with van der Waals surface area (Å²) in [6, 6.07) is 0.305. The predicted octanol–water partition coefficient (Wildman–Crippen LogP) is 3.05. The number of nitrogens with zero attached hydrogens (tertiary/aromatic N) is 4. The van der Waals surface area contributed by atoms with Crippen molar-refractivity contribution in [2.45, 2.75) is 53.1 Å². The molecule has 5 nitrogen and oxygen atoms in total. The predicted molar refractivity (Wildman–Crippen MR) is 78.0 cm³/mol. The van der Waals surface area contributed by atoms with E-state index in [2.05, 4.69) is 44.3 Å². The Morgan fingerprint density at radius 1 is 1.26 bits per heavy atom. The highest BCUT2D eigenvalue weighted by Crippen LogP contribution is 2.31. The van der Waals surface area contributed by atoms with Crippen LogP contribution in [-0.4, -0.2) is 19.3 Å². The molecule has 2 aromatic heterocycles. The molecule has 2 rings (SSSR count). The van der Waals surface area contributed by atoms with Crippen LogP contribution in [0.1, 0.15) is 52.4 Å². The molecule has 0 aromatic carbocycles. The fourth-order valence-electron chi connectivity index (χ4n) is 2.28. The van der Waals surface area contributed by atoms with Gasteiger partial charge in [0.1, 0.15) is 17.3 Å². The van der Waals surface area contributed by atoms with Gasteiger partial charge in [0.05, 0.1) is 6.20 Å². The van der Waals surface area contributed by atoms with Crippen molar-refractivity contribution in [2.75, 3.05) is 5.73 Å². The minimum Gasteiger partial charge on any atom is -0.383 e. The third-order valence-electron chi connectivity index (χ3n) is 3.24. The van der Waals surface area contributed by atoms with Crippen molar-refractivity contribution in [1.82, 2.24) is 19.3 Å². The van der Waals surface area contributed by atoms with Crippen molar-refractivity contribution in [3.63, 3.8) is 0 Å². The zero-order valence-corrected chi connectivity index (χ0v) is 12.4. The number of rotatable bonds is 4. The molecule has 0 aliphatic carbocycles. The zero-order valence-electron chi connectivity index (χ0n) is 12.4. The van der Waals surface area contributed by atoms with Gasteiger partial charge in [0.25, 0.3) is 0 Å². The fourth-order valence-corrected chi connectivity index (χ4v) is 2.28. The van der Waals surface area contributed by atoms with Gasteiger partial charge in [-0.1, -0.05) is 13.8 Å². The molecule has 0 aliphatic heterocycles. The molecule has 0 bridgehead atoms. The lowest BCUT2D eigenvalue weighted by Gasteiger charge is -2.15. The molecule has 0 fully saturated rings. The number of aromatic nitrogens is 4. The number of hydrogen-bond acceptors (Lipinski definition) is 3. The lowest BCUT2D eigenvalue weighted by atomic mass is 10.2. The summed E-state index contributed by atoms with van der Waals surface area (Å²) in [6.45, 7) is 11.4. The summed E-state index contributed by atoms with van der Waals surface area (Å²) in [4.78, 5) is 4.73. The van der Waals surface area contributed by atoms with Crippen LogP contribution in [0, 0.1) is 0 Å². The Bertz CT molecular complexity index is 562. The number of aryl methyl sites for hydroxylation is 1. The molecule has 2 heterocycles. The zero-order chi connectivity index (χ0) is 14.2. The van der Waals surface area contributed by atoms with Gasteiger partial charge in [-0.25, -0.2) is 4.98 Å². The van der Waals surface area contributed by atoms with E-state index >= 15 is 0 Å². The van der Waals surface area contributed by atoms with Crippen molar-refractivity contribution in [2.24, 2.45) is 0 Å². The van der Waals surface area contributed by atoms with Crippen molar-refractivity contribution in [3.05, 3.63) is 18.2 Å². The van der Waals surface area contributed by atoms with Gasteiger partial charge in [-0.15, -0.1) is 0 Å². The first-order valence-corrected chi connectivity index (χ1v) is 6.86. The summed E-state index contributed by atoms with van der Waals surface area (Å²) >= 11 is 0. The Morgan fingerprint density at radius 2 is 1.95 bits per heavy atom. The normalized spacial score (nSPS) is 11.7. The van der Waals surface area contributed by atoms with Crippen LogP contribution in [0.4, 0.5) is 5.82 Å². The Balaban J connectivity index is 2.55. The summed E-state index contributed by atoms with van der Waals surface area (Å²) in [7, 11) is 0. The van der Waals surface area contributed by atoms with Crippen molar-refractivity contribution < 1.29 is 0 Å². The molecule has 19 heavy (non-hydrogen) atoms. The molecular weight excluding hydrogens is 238 g/mol. The summed E-state index contributed by atoms with van der Waals surface area (Å²) in [6.07, 6.45) is 3.82. The summed E-state index contributed by atoms with van der Waals surface area (Å²) < 4.78 is 4.00. The summed E-state index contributed by atoms with van der Waals surface area (Å²) in [5.41, 5.74) is 8.12. The van der Waals surface area contributed by atoms with E-state index in [0.29, 0.717) is 12.0 Å². The maximum atomic E-state index is 6.29. The maximum absolute atomic E-state index is 6.29. The van der Waals surface area contributed by atoms with E-state index < -0.39 is 0 Å². The number of imidazole rings is 1. The van der Waals surface area contributed by atoms with Crippen LogP contribution in [-0.2, 0) is 6.54 Å². The first-order valence-electron chi connectivity index (χ1n) is 6.86. The topological polar surface area (TPSA) is 61.7 Å². The first-order chi connectivity index (χ1) is 8.95. The third kappa shape index (κ3) is 2.37. The van der Waals surface area contributed by atoms with Crippen LogP contribution in [0.25, 0.3) is 11.3 Å². The highest BCUT2D eigenvalue weighted by molar-refractivity contribution is 5.70. The van der Waals surface area contributed by atoms with E-state index in [4.69, 9.17) is 10.7 Å². The number of nitrogen functional groups attached to an aromatic ring is 1. The van der Waals surface area contributed by atoms with Crippen LogP contribution in [0.15, 0.2) is 12.4 Å². The van der Waals surface area contributed by atoms with E-state index in [1.54, 1.807) is 0 Å². The molecule has 2 aromatic rings. The van der Waals surface area contributed by atoms with Crippen LogP contribution < -0.4 is 5.73 Å². The number of nitrogens with two attached hydrogens (primary N) is 1. The molecule has 0 spiro atoms.